The van der Waals surface area contributed by atoms with Gasteiger partial charge in [-0.1, -0.05) is 0 Å². The van der Waals surface area contributed by atoms with Gasteiger partial charge in [0.2, 0.25) is 0 Å². The molecule has 1 aromatic carbocycles. The molecule has 5 heteroatoms. The number of benzene rings is 1. The molecule has 1 saturated carbocycles. The van der Waals surface area contributed by atoms with E-state index in [0.29, 0.717) is 19.4 Å². The van der Waals surface area contributed by atoms with E-state index in [0.717, 1.165) is 6.07 Å². The fraction of sp³-hybridized carbons (Fsp3) is 0.429. The Bertz CT molecular complexity index is 520. The van der Waals surface area contributed by atoms with Gasteiger partial charge in [0, 0.05) is 5.56 Å². The molecule has 0 spiro atoms. The molecule has 0 saturated heterocycles. The van der Waals surface area contributed by atoms with Gasteiger partial charge in [-0.3, -0.25) is 9.59 Å². The SMILES string of the molecule is CCOc1ccc(C(=O)C2(C(=O)OC)CC2)cc1F. The summed E-state index contributed by atoms with van der Waals surface area (Å²) in [5.74, 6) is -1.44. The largest absolute Gasteiger partial charge is 0.491 e. The van der Waals surface area contributed by atoms with Crippen molar-refractivity contribution in [2.75, 3.05) is 13.7 Å². The van der Waals surface area contributed by atoms with Crippen LogP contribution in [0.15, 0.2) is 18.2 Å². The Hall–Kier alpha value is -1.91. The van der Waals surface area contributed by atoms with Crippen LogP contribution in [0.3, 0.4) is 0 Å². The molecule has 0 heterocycles. The Labute approximate surface area is 110 Å². The number of rotatable bonds is 5. The van der Waals surface area contributed by atoms with Crippen molar-refractivity contribution in [3.05, 3.63) is 29.6 Å². The summed E-state index contributed by atoms with van der Waals surface area (Å²) in [7, 11) is 1.24. The van der Waals surface area contributed by atoms with Gasteiger partial charge in [0.05, 0.1) is 13.7 Å². The highest BCUT2D eigenvalue weighted by Crippen LogP contribution is 2.49. The number of ketones is 1. The van der Waals surface area contributed by atoms with Crippen molar-refractivity contribution in [3.8, 4) is 5.75 Å². The molecule has 4 nitrogen and oxygen atoms in total. The molecule has 102 valence electrons. The lowest BCUT2D eigenvalue weighted by molar-refractivity contribution is -0.145. The second-order valence-corrected chi connectivity index (χ2v) is 4.48. The van der Waals surface area contributed by atoms with Crippen LogP contribution in [-0.4, -0.2) is 25.5 Å². The normalized spacial score (nSPS) is 15.7. The van der Waals surface area contributed by atoms with Crippen LogP contribution < -0.4 is 4.74 Å². The molecule has 1 aliphatic rings. The average Bonchev–Trinajstić information content (AvgIpc) is 3.21. The zero-order valence-electron chi connectivity index (χ0n) is 10.9. The van der Waals surface area contributed by atoms with E-state index in [1.54, 1.807) is 6.92 Å². The van der Waals surface area contributed by atoms with Crippen molar-refractivity contribution in [2.45, 2.75) is 19.8 Å². The average molecular weight is 266 g/mol. The van der Waals surface area contributed by atoms with Gasteiger partial charge in [0.1, 0.15) is 5.41 Å². The zero-order valence-corrected chi connectivity index (χ0v) is 10.9. The molecular formula is C14H15FO4. The standard InChI is InChI=1S/C14H15FO4/c1-3-19-11-5-4-9(8-10(11)15)12(16)14(6-7-14)13(17)18-2/h4-5,8H,3,6-7H2,1-2H3. The first-order valence-electron chi connectivity index (χ1n) is 6.10. The second kappa shape index (κ2) is 4.99. The molecule has 2 rings (SSSR count). The highest BCUT2D eigenvalue weighted by Gasteiger charge is 2.57. The molecule has 0 atom stereocenters. The molecule has 1 aliphatic carbocycles. The van der Waals surface area contributed by atoms with E-state index in [-0.39, 0.29) is 17.1 Å². The molecule has 0 aromatic heterocycles. The number of hydrogen-bond donors (Lipinski definition) is 0. The minimum absolute atomic E-state index is 0.0990. The predicted octanol–water partition coefficient (Wildman–Crippen LogP) is 2.36. The monoisotopic (exact) mass is 266 g/mol. The topological polar surface area (TPSA) is 52.6 Å². The van der Waals surface area contributed by atoms with Gasteiger partial charge in [-0.15, -0.1) is 0 Å². The first kappa shape index (κ1) is 13.5. The summed E-state index contributed by atoms with van der Waals surface area (Å²) in [4.78, 5) is 23.8. The molecule has 0 bridgehead atoms. The molecule has 0 N–H and O–H groups in total. The minimum Gasteiger partial charge on any atom is -0.491 e. The summed E-state index contributed by atoms with van der Waals surface area (Å²) in [6, 6.07) is 3.98. The summed E-state index contributed by atoms with van der Waals surface area (Å²) >= 11 is 0. The maximum Gasteiger partial charge on any atom is 0.319 e. The Kier molecular flexibility index (Phi) is 3.55. The minimum atomic E-state index is -1.10. The lowest BCUT2D eigenvalue weighted by Gasteiger charge is -2.12. The van der Waals surface area contributed by atoms with Crippen LogP contribution in [0.4, 0.5) is 4.39 Å². The number of carbonyl (C=O) groups is 2. The number of esters is 1. The van der Waals surface area contributed by atoms with E-state index in [2.05, 4.69) is 4.74 Å². The van der Waals surface area contributed by atoms with E-state index >= 15 is 0 Å². The van der Waals surface area contributed by atoms with Crippen LogP contribution >= 0.6 is 0 Å². The van der Waals surface area contributed by atoms with Gasteiger partial charge < -0.3 is 9.47 Å². The van der Waals surface area contributed by atoms with Crippen LogP contribution in [0.1, 0.15) is 30.1 Å². The maximum atomic E-state index is 13.7. The smallest absolute Gasteiger partial charge is 0.319 e. The van der Waals surface area contributed by atoms with Crippen molar-refractivity contribution in [1.82, 2.24) is 0 Å². The Balaban J connectivity index is 2.26. The predicted molar refractivity (Wildman–Crippen MR) is 65.6 cm³/mol. The maximum absolute atomic E-state index is 13.7. The number of Topliss-reactive ketones (excluding diaryl/α,β-unsaturated/α-hetero) is 1. The molecule has 0 radical (unpaired) electrons. The van der Waals surface area contributed by atoms with Crippen molar-refractivity contribution in [2.24, 2.45) is 5.41 Å². The van der Waals surface area contributed by atoms with Gasteiger partial charge in [0.25, 0.3) is 0 Å². The molecule has 1 aromatic rings. The number of ether oxygens (including phenoxy) is 2. The lowest BCUT2D eigenvalue weighted by Crippen LogP contribution is -2.27. The lowest BCUT2D eigenvalue weighted by atomic mass is 9.94. The van der Waals surface area contributed by atoms with Crippen LogP contribution in [-0.2, 0) is 9.53 Å². The third-order valence-electron chi connectivity index (χ3n) is 3.25. The van der Waals surface area contributed by atoms with Crippen LogP contribution in [0.2, 0.25) is 0 Å². The van der Waals surface area contributed by atoms with E-state index in [9.17, 15) is 14.0 Å². The van der Waals surface area contributed by atoms with Gasteiger partial charge in [-0.2, -0.15) is 0 Å². The van der Waals surface area contributed by atoms with Crippen molar-refractivity contribution in [1.29, 1.82) is 0 Å². The van der Waals surface area contributed by atoms with E-state index in [1.807, 2.05) is 0 Å². The Morgan fingerprint density at radius 3 is 2.53 bits per heavy atom. The fourth-order valence-corrected chi connectivity index (χ4v) is 2.04. The molecule has 0 aliphatic heterocycles. The number of halogens is 1. The van der Waals surface area contributed by atoms with Gasteiger partial charge >= 0.3 is 5.97 Å². The number of carbonyl (C=O) groups excluding carboxylic acids is 2. The number of methoxy groups -OCH3 is 1. The van der Waals surface area contributed by atoms with E-state index < -0.39 is 17.2 Å². The zero-order chi connectivity index (χ0) is 14.0. The summed E-state index contributed by atoms with van der Waals surface area (Å²) < 4.78 is 23.4. The summed E-state index contributed by atoms with van der Waals surface area (Å²) in [5.41, 5.74) is -0.933. The molecule has 19 heavy (non-hydrogen) atoms. The molecule has 0 amide bonds. The van der Waals surface area contributed by atoms with Crippen LogP contribution in [0, 0.1) is 11.2 Å². The highest BCUT2D eigenvalue weighted by atomic mass is 19.1. The third kappa shape index (κ3) is 2.32. The van der Waals surface area contributed by atoms with E-state index in [1.165, 1.54) is 19.2 Å². The molecular weight excluding hydrogens is 251 g/mol. The summed E-state index contributed by atoms with van der Waals surface area (Å²) in [6.45, 7) is 2.09. The molecule has 0 unspecified atom stereocenters. The highest BCUT2D eigenvalue weighted by molar-refractivity contribution is 6.14. The van der Waals surface area contributed by atoms with Gasteiger partial charge in [0.15, 0.2) is 17.3 Å². The fourth-order valence-electron chi connectivity index (χ4n) is 2.04. The molecule has 1 fully saturated rings. The summed E-state index contributed by atoms with van der Waals surface area (Å²) in [6.07, 6.45) is 0.903. The van der Waals surface area contributed by atoms with E-state index in [4.69, 9.17) is 4.74 Å². The third-order valence-corrected chi connectivity index (χ3v) is 3.25. The van der Waals surface area contributed by atoms with Crippen LogP contribution in [0.5, 0.6) is 5.75 Å². The summed E-state index contributed by atoms with van der Waals surface area (Å²) in [5, 5.41) is 0. The van der Waals surface area contributed by atoms with Crippen molar-refractivity contribution in [3.63, 3.8) is 0 Å². The quantitative estimate of drug-likeness (QED) is 0.466. The first-order valence-corrected chi connectivity index (χ1v) is 6.10. The second-order valence-electron chi connectivity index (χ2n) is 4.48. The van der Waals surface area contributed by atoms with Crippen molar-refractivity contribution >= 4 is 11.8 Å². The van der Waals surface area contributed by atoms with Gasteiger partial charge in [-0.05, 0) is 38.0 Å². The van der Waals surface area contributed by atoms with Crippen LogP contribution in [0.25, 0.3) is 0 Å². The Morgan fingerprint density at radius 1 is 1.37 bits per heavy atom. The van der Waals surface area contributed by atoms with Crippen molar-refractivity contribution < 1.29 is 23.5 Å². The first-order chi connectivity index (χ1) is 9.05. The Morgan fingerprint density at radius 2 is 2.05 bits per heavy atom. The number of hydrogen-bond acceptors (Lipinski definition) is 4. The van der Waals surface area contributed by atoms with Gasteiger partial charge in [-0.25, -0.2) is 4.39 Å².